The van der Waals surface area contributed by atoms with Crippen molar-refractivity contribution in [2.75, 3.05) is 5.73 Å². The van der Waals surface area contributed by atoms with Crippen molar-refractivity contribution in [3.63, 3.8) is 0 Å². The van der Waals surface area contributed by atoms with Crippen LogP contribution in [0.2, 0.25) is 10.0 Å². The zero-order valence-corrected chi connectivity index (χ0v) is 12.1. The van der Waals surface area contributed by atoms with Crippen LogP contribution in [0.4, 0.5) is 5.69 Å². The summed E-state index contributed by atoms with van der Waals surface area (Å²) in [5.41, 5.74) is 9.45. The summed E-state index contributed by atoms with van der Waals surface area (Å²) < 4.78 is 0. The van der Waals surface area contributed by atoms with E-state index in [-0.39, 0.29) is 0 Å². The molecule has 0 bridgehead atoms. The Morgan fingerprint density at radius 1 is 0.950 bits per heavy atom. The van der Waals surface area contributed by atoms with Crippen molar-refractivity contribution in [1.29, 1.82) is 0 Å². The number of nitrogen functional groups attached to an aromatic ring is 1. The highest BCUT2D eigenvalue weighted by molar-refractivity contribution is 6.34. The first-order valence-corrected chi connectivity index (χ1v) is 6.96. The highest BCUT2D eigenvalue weighted by Gasteiger charge is 2.04. The molecule has 100 valence electrons. The molecule has 0 unspecified atom stereocenters. The van der Waals surface area contributed by atoms with Crippen LogP contribution in [0, 0.1) is 0 Å². The lowest BCUT2D eigenvalue weighted by Gasteiger charge is -2.06. The summed E-state index contributed by atoms with van der Waals surface area (Å²) in [6.45, 7) is 0. The number of rotatable bonds is 2. The van der Waals surface area contributed by atoms with E-state index in [9.17, 15) is 0 Å². The number of aromatic nitrogens is 1. The molecule has 2 aromatic carbocycles. The number of benzene rings is 2. The Hall–Kier alpha value is -1.77. The average molecular weight is 303 g/mol. The SMILES string of the molecule is Nc1cccc2ccc(Cc3cc(Cl)cc(Cl)c3)nc12. The molecule has 20 heavy (non-hydrogen) atoms. The predicted molar refractivity (Wildman–Crippen MR) is 85.4 cm³/mol. The van der Waals surface area contributed by atoms with Crippen LogP contribution in [0.5, 0.6) is 0 Å². The summed E-state index contributed by atoms with van der Waals surface area (Å²) in [5.74, 6) is 0. The molecular weight excluding hydrogens is 291 g/mol. The Bertz CT molecular complexity index is 764. The van der Waals surface area contributed by atoms with Crippen LogP contribution in [0.15, 0.2) is 48.5 Å². The van der Waals surface area contributed by atoms with Crippen molar-refractivity contribution in [3.05, 3.63) is 69.8 Å². The van der Waals surface area contributed by atoms with Crippen LogP contribution in [0.1, 0.15) is 11.3 Å². The summed E-state index contributed by atoms with van der Waals surface area (Å²) in [7, 11) is 0. The summed E-state index contributed by atoms with van der Waals surface area (Å²) in [4.78, 5) is 4.62. The van der Waals surface area contributed by atoms with Crippen molar-refractivity contribution in [2.45, 2.75) is 6.42 Å². The number of hydrogen-bond acceptors (Lipinski definition) is 2. The number of anilines is 1. The topological polar surface area (TPSA) is 38.9 Å². The van der Waals surface area contributed by atoms with Crippen molar-refractivity contribution in [1.82, 2.24) is 4.98 Å². The number of pyridine rings is 1. The van der Waals surface area contributed by atoms with E-state index in [2.05, 4.69) is 4.98 Å². The highest BCUT2D eigenvalue weighted by atomic mass is 35.5. The molecule has 0 aliphatic rings. The van der Waals surface area contributed by atoms with Gasteiger partial charge in [-0.25, -0.2) is 0 Å². The Labute approximate surface area is 127 Å². The Morgan fingerprint density at radius 2 is 1.70 bits per heavy atom. The fourth-order valence-corrected chi connectivity index (χ4v) is 2.80. The number of nitrogens with two attached hydrogens (primary N) is 1. The number of hydrogen-bond donors (Lipinski definition) is 1. The molecule has 0 fully saturated rings. The third kappa shape index (κ3) is 2.72. The van der Waals surface area contributed by atoms with Gasteiger partial charge in [0, 0.05) is 27.5 Å². The molecule has 3 aromatic rings. The van der Waals surface area contributed by atoms with Gasteiger partial charge in [-0.05, 0) is 35.9 Å². The van der Waals surface area contributed by atoms with Crippen LogP contribution < -0.4 is 5.73 Å². The fourth-order valence-electron chi connectivity index (χ4n) is 2.23. The largest absolute Gasteiger partial charge is 0.397 e. The molecule has 0 atom stereocenters. The minimum absolute atomic E-state index is 0.632. The zero-order valence-electron chi connectivity index (χ0n) is 10.6. The lowest BCUT2D eigenvalue weighted by Crippen LogP contribution is -1.95. The zero-order chi connectivity index (χ0) is 14.1. The second-order valence-electron chi connectivity index (χ2n) is 4.68. The molecule has 1 aromatic heterocycles. The molecule has 2 nitrogen and oxygen atoms in total. The molecule has 4 heteroatoms. The van der Waals surface area contributed by atoms with E-state index in [1.54, 1.807) is 6.07 Å². The Kier molecular flexibility index (Phi) is 3.51. The van der Waals surface area contributed by atoms with Gasteiger partial charge in [0.15, 0.2) is 0 Å². The Morgan fingerprint density at radius 3 is 2.45 bits per heavy atom. The first kappa shape index (κ1) is 13.2. The van der Waals surface area contributed by atoms with Crippen LogP contribution in [0.3, 0.4) is 0 Å². The second kappa shape index (κ2) is 5.31. The normalized spacial score (nSPS) is 10.9. The van der Waals surface area contributed by atoms with Gasteiger partial charge in [-0.3, -0.25) is 4.98 Å². The second-order valence-corrected chi connectivity index (χ2v) is 5.55. The monoisotopic (exact) mass is 302 g/mol. The lowest BCUT2D eigenvalue weighted by molar-refractivity contribution is 1.10. The Balaban J connectivity index is 2.00. The first-order chi connectivity index (χ1) is 9.61. The van der Waals surface area contributed by atoms with Crippen molar-refractivity contribution in [3.8, 4) is 0 Å². The van der Waals surface area contributed by atoms with E-state index in [0.717, 1.165) is 22.2 Å². The van der Waals surface area contributed by atoms with Gasteiger partial charge in [0.2, 0.25) is 0 Å². The van der Waals surface area contributed by atoms with Gasteiger partial charge in [-0.2, -0.15) is 0 Å². The van der Waals surface area contributed by atoms with Gasteiger partial charge < -0.3 is 5.73 Å². The summed E-state index contributed by atoms with van der Waals surface area (Å²) in [6.07, 6.45) is 0.671. The number of halogens is 2. The van der Waals surface area contributed by atoms with E-state index >= 15 is 0 Å². The van der Waals surface area contributed by atoms with Crippen LogP contribution >= 0.6 is 23.2 Å². The molecule has 0 aliphatic heterocycles. The van der Waals surface area contributed by atoms with Gasteiger partial charge in [0.1, 0.15) is 0 Å². The minimum Gasteiger partial charge on any atom is -0.397 e. The maximum absolute atomic E-state index is 6.01. The molecule has 0 amide bonds. The van der Waals surface area contributed by atoms with Crippen LogP contribution in [0.25, 0.3) is 10.9 Å². The third-order valence-corrected chi connectivity index (χ3v) is 3.55. The maximum atomic E-state index is 6.01. The van der Waals surface area contributed by atoms with Crippen LogP contribution in [-0.4, -0.2) is 4.98 Å². The van der Waals surface area contributed by atoms with Crippen molar-refractivity contribution >= 4 is 39.8 Å². The molecule has 0 saturated carbocycles. The highest BCUT2D eigenvalue weighted by Crippen LogP contribution is 2.23. The smallest absolute Gasteiger partial charge is 0.0934 e. The fraction of sp³-hybridized carbons (Fsp3) is 0.0625. The predicted octanol–water partition coefficient (Wildman–Crippen LogP) is 4.71. The molecule has 0 aliphatic carbocycles. The number of para-hydroxylation sites is 1. The number of nitrogens with zero attached hydrogens (tertiary/aromatic N) is 1. The first-order valence-electron chi connectivity index (χ1n) is 6.21. The molecule has 2 N–H and O–H groups in total. The molecule has 1 heterocycles. The van der Waals surface area contributed by atoms with Gasteiger partial charge in [0.05, 0.1) is 11.2 Å². The van der Waals surface area contributed by atoms with E-state index in [4.69, 9.17) is 28.9 Å². The molecular formula is C16H12Cl2N2. The average Bonchev–Trinajstić information content (AvgIpc) is 2.38. The number of fused-ring (bicyclic) bond motifs is 1. The standard InChI is InChI=1S/C16H12Cl2N2/c17-12-6-10(7-13(18)9-12)8-14-5-4-11-2-1-3-15(19)16(11)20-14/h1-7,9H,8,19H2. The quantitative estimate of drug-likeness (QED) is 0.696. The van der Waals surface area contributed by atoms with Gasteiger partial charge in [0.25, 0.3) is 0 Å². The van der Waals surface area contributed by atoms with E-state index in [1.165, 1.54) is 0 Å². The molecule has 0 saturated heterocycles. The van der Waals surface area contributed by atoms with Gasteiger partial charge >= 0.3 is 0 Å². The molecule has 0 spiro atoms. The third-order valence-electron chi connectivity index (χ3n) is 3.12. The van der Waals surface area contributed by atoms with Crippen molar-refractivity contribution < 1.29 is 0 Å². The molecule has 0 radical (unpaired) electrons. The molecule has 3 rings (SSSR count). The maximum Gasteiger partial charge on any atom is 0.0934 e. The van der Waals surface area contributed by atoms with E-state index in [0.29, 0.717) is 22.2 Å². The summed E-state index contributed by atoms with van der Waals surface area (Å²) >= 11 is 12.0. The lowest BCUT2D eigenvalue weighted by atomic mass is 10.1. The van der Waals surface area contributed by atoms with Gasteiger partial charge in [-0.1, -0.05) is 41.4 Å². The minimum atomic E-state index is 0.632. The summed E-state index contributed by atoms with van der Waals surface area (Å²) in [5, 5.41) is 2.30. The van der Waals surface area contributed by atoms with Crippen LogP contribution in [-0.2, 0) is 6.42 Å². The van der Waals surface area contributed by atoms with Crippen molar-refractivity contribution in [2.24, 2.45) is 0 Å². The van der Waals surface area contributed by atoms with E-state index < -0.39 is 0 Å². The van der Waals surface area contributed by atoms with E-state index in [1.807, 2.05) is 42.5 Å². The summed E-state index contributed by atoms with van der Waals surface area (Å²) in [6, 6.07) is 15.3. The van der Waals surface area contributed by atoms with Gasteiger partial charge in [-0.15, -0.1) is 0 Å².